The molecule has 0 bridgehead atoms. The fourth-order valence-corrected chi connectivity index (χ4v) is 4.97. The van der Waals surface area contributed by atoms with Gasteiger partial charge in [-0.2, -0.15) is 17.7 Å². The molecule has 2 heterocycles. The number of aromatic nitrogens is 2. The van der Waals surface area contributed by atoms with Gasteiger partial charge in [0, 0.05) is 30.5 Å². The second-order valence-electron chi connectivity index (χ2n) is 7.09. The Kier molecular flexibility index (Phi) is 8.03. The summed E-state index contributed by atoms with van der Waals surface area (Å²) in [6, 6.07) is 5.26. The molecule has 1 aliphatic rings. The first-order valence-electron chi connectivity index (χ1n) is 9.92. The minimum Gasteiger partial charge on any atom is -0.394 e. The van der Waals surface area contributed by atoms with Crippen LogP contribution in [-0.2, 0) is 16.0 Å². The van der Waals surface area contributed by atoms with Crippen molar-refractivity contribution in [2.45, 2.75) is 43.0 Å². The van der Waals surface area contributed by atoms with Crippen LogP contribution in [0.1, 0.15) is 31.7 Å². The summed E-state index contributed by atoms with van der Waals surface area (Å²) in [5, 5.41) is 13.0. The highest BCUT2D eigenvalue weighted by Crippen LogP contribution is 2.27. The molecule has 1 atom stereocenters. The number of rotatable bonds is 11. The maximum absolute atomic E-state index is 14.0. The van der Waals surface area contributed by atoms with Crippen molar-refractivity contribution in [2.24, 2.45) is 0 Å². The van der Waals surface area contributed by atoms with Crippen molar-refractivity contribution in [1.82, 2.24) is 14.3 Å². The van der Waals surface area contributed by atoms with Gasteiger partial charge < -0.3 is 10.4 Å². The molecular weight excluding hydrogens is 448 g/mol. The van der Waals surface area contributed by atoms with Crippen LogP contribution < -0.4 is 10.0 Å². The van der Waals surface area contributed by atoms with E-state index >= 15 is 0 Å². The third-order valence-corrected chi connectivity index (χ3v) is 7.14. The number of halogens is 2. The van der Waals surface area contributed by atoms with Crippen LogP contribution >= 0.6 is 11.8 Å². The number of nitrogens with one attached hydrogen (secondary N) is 2. The number of aliphatic hydroxyl groups excluding tert-OH is 1. The first-order chi connectivity index (χ1) is 14.8. The summed E-state index contributed by atoms with van der Waals surface area (Å²) in [5.41, 5.74) is 0.167. The van der Waals surface area contributed by atoms with E-state index in [1.807, 2.05) is 6.92 Å². The number of hydrogen-bond acceptors (Lipinski definition) is 7. The average Bonchev–Trinajstić information content (AvgIpc) is 2.66. The Labute approximate surface area is 184 Å². The van der Waals surface area contributed by atoms with Crippen LogP contribution in [0.25, 0.3) is 0 Å². The minimum atomic E-state index is -3.77. The normalized spacial score (nSPS) is 15.4. The number of anilines is 2. The third kappa shape index (κ3) is 6.25. The number of thioether (sulfide) groups is 1. The molecule has 31 heavy (non-hydrogen) atoms. The number of aliphatic hydroxyl groups is 1. The largest absolute Gasteiger partial charge is 0.394 e. The van der Waals surface area contributed by atoms with Crippen molar-refractivity contribution < 1.29 is 22.3 Å². The zero-order chi connectivity index (χ0) is 22.4. The monoisotopic (exact) mass is 473 g/mol. The van der Waals surface area contributed by atoms with Crippen LogP contribution in [0, 0.1) is 11.6 Å². The highest BCUT2D eigenvalue weighted by Gasteiger charge is 2.28. The van der Waals surface area contributed by atoms with Crippen LogP contribution in [0.2, 0.25) is 0 Å². The zero-order valence-electron chi connectivity index (χ0n) is 17.0. The van der Waals surface area contributed by atoms with Crippen LogP contribution in [0.5, 0.6) is 0 Å². The van der Waals surface area contributed by atoms with E-state index in [0.717, 1.165) is 30.7 Å². The summed E-state index contributed by atoms with van der Waals surface area (Å²) in [5.74, 6) is -1.57. The van der Waals surface area contributed by atoms with Crippen LogP contribution in [0.4, 0.5) is 20.5 Å². The van der Waals surface area contributed by atoms with Gasteiger partial charge in [0.1, 0.15) is 10.8 Å². The van der Waals surface area contributed by atoms with Crippen molar-refractivity contribution in [1.29, 1.82) is 0 Å². The predicted molar refractivity (Wildman–Crippen MR) is 116 cm³/mol. The second-order valence-corrected chi connectivity index (χ2v) is 9.76. The Hall–Kier alpha value is -2.02. The molecule has 170 valence electrons. The fraction of sp³-hybridized carbons (Fsp3) is 0.474. The van der Waals surface area contributed by atoms with Crippen molar-refractivity contribution in [2.75, 3.05) is 29.7 Å². The topological polar surface area (TPSA) is 107 Å². The summed E-state index contributed by atoms with van der Waals surface area (Å²) in [6.07, 6.45) is 2.31. The van der Waals surface area contributed by atoms with E-state index in [-0.39, 0.29) is 29.9 Å². The van der Waals surface area contributed by atoms with Gasteiger partial charge in [0.25, 0.3) is 0 Å². The lowest BCUT2D eigenvalue weighted by Gasteiger charge is -2.29. The average molecular weight is 474 g/mol. The third-order valence-electron chi connectivity index (χ3n) is 4.69. The van der Waals surface area contributed by atoms with E-state index in [1.165, 1.54) is 16.4 Å². The lowest BCUT2D eigenvalue weighted by atomic mass is 10.2. The van der Waals surface area contributed by atoms with Gasteiger partial charge in [-0.1, -0.05) is 25.5 Å². The Balaban J connectivity index is 1.83. The van der Waals surface area contributed by atoms with Crippen LogP contribution in [0.15, 0.2) is 29.3 Å². The van der Waals surface area contributed by atoms with Crippen LogP contribution in [-0.4, -0.2) is 53.5 Å². The molecule has 1 aliphatic heterocycles. The van der Waals surface area contributed by atoms with Gasteiger partial charge >= 0.3 is 10.2 Å². The second kappa shape index (κ2) is 10.5. The van der Waals surface area contributed by atoms with Gasteiger partial charge in [-0.15, -0.1) is 11.8 Å². The minimum absolute atomic E-state index is 0.0940. The molecule has 3 rings (SSSR count). The number of benzene rings is 1. The van der Waals surface area contributed by atoms with Gasteiger partial charge in [-0.25, -0.2) is 18.5 Å². The molecule has 12 heteroatoms. The van der Waals surface area contributed by atoms with Gasteiger partial charge in [0.05, 0.1) is 12.6 Å². The summed E-state index contributed by atoms with van der Waals surface area (Å²) in [4.78, 5) is 8.44. The predicted octanol–water partition coefficient (Wildman–Crippen LogP) is 2.98. The first-order valence-corrected chi connectivity index (χ1v) is 12.3. The van der Waals surface area contributed by atoms with Gasteiger partial charge in [0.2, 0.25) is 5.95 Å². The summed E-state index contributed by atoms with van der Waals surface area (Å²) in [6.45, 7) is 2.71. The van der Waals surface area contributed by atoms with Crippen molar-refractivity contribution >= 4 is 33.7 Å². The zero-order valence-corrected chi connectivity index (χ0v) is 18.6. The van der Waals surface area contributed by atoms with E-state index in [9.17, 15) is 22.3 Å². The molecular formula is C19H25F2N5O3S2. The van der Waals surface area contributed by atoms with E-state index in [1.54, 1.807) is 6.07 Å². The molecule has 0 saturated carbocycles. The fourth-order valence-electron chi connectivity index (χ4n) is 2.90. The van der Waals surface area contributed by atoms with Crippen LogP contribution in [0.3, 0.4) is 0 Å². The highest BCUT2D eigenvalue weighted by atomic mass is 32.2. The standard InChI is InChI=1S/C19H25F2N5O3S2/c1-2-5-14(11-27)22-16-10-17(30-12-13-6-3-7-15(20)18(13)21)24-19(23-16)25-31(28,29)26-8-4-9-26/h3,6-7,10,14,27H,2,4-5,8-9,11-12H2,1H3,(H2,22,23,24,25)/t14-/m1/s1. The lowest BCUT2D eigenvalue weighted by molar-refractivity contribution is 0.268. The maximum atomic E-state index is 14.0. The molecule has 3 N–H and O–H groups in total. The van der Waals surface area contributed by atoms with Gasteiger partial charge in [0.15, 0.2) is 11.6 Å². The molecule has 1 aromatic carbocycles. The Morgan fingerprint density at radius 3 is 2.71 bits per heavy atom. The summed E-state index contributed by atoms with van der Waals surface area (Å²) < 4.78 is 55.9. The summed E-state index contributed by atoms with van der Waals surface area (Å²) >= 11 is 1.12. The summed E-state index contributed by atoms with van der Waals surface area (Å²) in [7, 11) is -3.77. The maximum Gasteiger partial charge on any atom is 0.303 e. The Morgan fingerprint density at radius 1 is 1.29 bits per heavy atom. The molecule has 1 fully saturated rings. The van der Waals surface area contributed by atoms with E-state index in [0.29, 0.717) is 30.4 Å². The molecule has 0 unspecified atom stereocenters. The number of hydrogen-bond donors (Lipinski definition) is 3. The molecule has 0 spiro atoms. The molecule has 2 aromatic rings. The molecule has 8 nitrogen and oxygen atoms in total. The first kappa shape index (κ1) is 23.6. The van der Waals surface area contributed by atoms with Crippen molar-refractivity contribution in [3.8, 4) is 0 Å². The molecule has 0 aliphatic carbocycles. The van der Waals surface area contributed by atoms with E-state index in [2.05, 4.69) is 20.0 Å². The van der Waals surface area contributed by atoms with Gasteiger partial charge in [-0.3, -0.25) is 0 Å². The van der Waals surface area contributed by atoms with E-state index < -0.39 is 21.8 Å². The van der Waals surface area contributed by atoms with Gasteiger partial charge in [-0.05, 0) is 18.9 Å². The lowest BCUT2D eigenvalue weighted by Crippen LogP contribution is -2.45. The Morgan fingerprint density at radius 2 is 2.06 bits per heavy atom. The molecule has 0 amide bonds. The Bertz CT molecular complexity index is 1010. The quantitative estimate of drug-likeness (QED) is 0.340. The van der Waals surface area contributed by atoms with Crippen molar-refractivity contribution in [3.05, 3.63) is 41.5 Å². The molecule has 0 radical (unpaired) electrons. The van der Waals surface area contributed by atoms with E-state index in [4.69, 9.17) is 0 Å². The highest BCUT2D eigenvalue weighted by molar-refractivity contribution is 7.98. The van der Waals surface area contributed by atoms with Crippen molar-refractivity contribution in [3.63, 3.8) is 0 Å². The smallest absolute Gasteiger partial charge is 0.303 e. The molecule has 1 saturated heterocycles. The number of nitrogens with zero attached hydrogens (tertiary/aromatic N) is 3. The molecule has 1 aromatic heterocycles. The SMILES string of the molecule is CCC[C@H](CO)Nc1cc(SCc2cccc(F)c2F)nc(NS(=O)(=O)N2CCC2)n1.